The maximum absolute atomic E-state index is 13.1. The van der Waals surface area contributed by atoms with Crippen LogP contribution in [0.4, 0.5) is 20.6 Å². The molecule has 0 saturated heterocycles. The van der Waals surface area contributed by atoms with E-state index in [9.17, 15) is 28.9 Å². The van der Waals surface area contributed by atoms with Crippen LogP contribution in [0.25, 0.3) is 0 Å². The molecule has 29 heavy (non-hydrogen) atoms. The van der Waals surface area contributed by atoms with Crippen LogP contribution < -0.4 is 10.6 Å². The molecule has 9 nitrogen and oxygen atoms in total. The van der Waals surface area contributed by atoms with E-state index in [4.69, 9.17) is 11.6 Å². The second-order valence-corrected chi connectivity index (χ2v) is 6.52. The van der Waals surface area contributed by atoms with Crippen molar-refractivity contribution in [3.63, 3.8) is 0 Å². The summed E-state index contributed by atoms with van der Waals surface area (Å²) in [6.45, 7) is 0.178. The molecule has 0 fully saturated rings. The van der Waals surface area contributed by atoms with Crippen LogP contribution in [0.2, 0.25) is 5.02 Å². The predicted molar refractivity (Wildman–Crippen MR) is 102 cm³/mol. The number of amides is 4. The fourth-order valence-corrected chi connectivity index (χ4v) is 2.96. The number of fused-ring (bicyclic) bond motifs is 1. The summed E-state index contributed by atoms with van der Waals surface area (Å²) in [5.41, 5.74) is 0.129. The number of carbonyl (C=O) groups is 3. The normalized spacial score (nSPS) is 12.7. The van der Waals surface area contributed by atoms with Gasteiger partial charge in [0.25, 0.3) is 17.5 Å². The van der Waals surface area contributed by atoms with E-state index in [2.05, 4.69) is 10.6 Å². The number of urea groups is 1. The van der Waals surface area contributed by atoms with Gasteiger partial charge < -0.3 is 10.6 Å². The SMILES string of the molecule is O=C(NCCCN1C(=O)c2ccc([N+](=O)[O-])cc2C1=O)Nc1ccc(F)c(Cl)c1. The van der Waals surface area contributed by atoms with Crippen molar-refractivity contribution in [3.05, 3.63) is 68.5 Å². The Labute approximate surface area is 168 Å². The highest BCUT2D eigenvalue weighted by Crippen LogP contribution is 2.26. The minimum atomic E-state index is -0.641. The minimum Gasteiger partial charge on any atom is -0.338 e. The van der Waals surface area contributed by atoms with Crippen LogP contribution in [0, 0.1) is 15.9 Å². The van der Waals surface area contributed by atoms with Gasteiger partial charge in [0.1, 0.15) is 5.82 Å². The maximum Gasteiger partial charge on any atom is 0.319 e. The first kappa shape index (κ1) is 20.2. The van der Waals surface area contributed by atoms with Gasteiger partial charge in [0.05, 0.1) is 21.1 Å². The van der Waals surface area contributed by atoms with Crippen molar-refractivity contribution in [3.8, 4) is 0 Å². The van der Waals surface area contributed by atoms with E-state index in [1.54, 1.807) is 0 Å². The van der Waals surface area contributed by atoms with Crippen LogP contribution in [0.15, 0.2) is 36.4 Å². The van der Waals surface area contributed by atoms with Crippen LogP contribution in [0.3, 0.4) is 0 Å². The average Bonchev–Trinajstić information content (AvgIpc) is 2.92. The van der Waals surface area contributed by atoms with Gasteiger partial charge in [0.2, 0.25) is 0 Å². The Morgan fingerprint density at radius 2 is 1.86 bits per heavy atom. The van der Waals surface area contributed by atoms with Gasteiger partial charge in [-0.1, -0.05) is 11.6 Å². The van der Waals surface area contributed by atoms with Gasteiger partial charge in [-0.25, -0.2) is 9.18 Å². The molecule has 0 spiro atoms. The molecule has 3 rings (SSSR count). The summed E-state index contributed by atoms with van der Waals surface area (Å²) in [5, 5.41) is 15.7. The molecule has 4 amide bonds. The van der Waals surface area contributed by atoms with Crippen molar-refractivity contribution in [1.29, 1.82) is 0 Å². The Bertz CT molecular complexity index is 1030. The molecule has 0 saturated carbocycles. The summed E-state index contributed by atoms with van der Waals surface area (Å²) in [7, 11) is 0. The largest absolute Gasteiger partial charge is 0.338 e. The summed E-state index contributed by atoms with van der Waals surface area (Å²) >= 11 is 5.64. The van der Waals surface area contributed by atoms with E-state index in [1.807, 2.05) is 0 Å². The highest BCUT2D eigenvalue weighted by Gasteiger charge is 2.36. The van der Waals surface area contributed by atoms with Crippen LogP contribution in [0.1, 0.15) is 27.1 Å². The van der Waals surface area contributed by atoms with E-state index in [1.165, 1.54) is 24.3 Å². The molecule has 150 valence electrons. The zero-order valence-corrected chi connectivity index (χ0v) is 15.5. The van der Waals surface area contributed by atoms with Gasteiger partial charge in [0.15, 0.2) is 0 Å². The average molecular weight is 421 g/mol. The Morgan fingerprint density at radius 3 is 2.55 bits per heavy atom. The van der Waals surface area contributed by atoms with Crippen molar-refractivity contribution in [2.24, 2.45) is 0 Å². The van der Waals surface area contributed by atoms with Crippen LogP contribution in [-0.2, 0) is 0 Å². The number of benzene rings is 2. The Hall–Kier alpha value is -3.53. The number of nitro groups is 1. The molecule has 0 unspecified atom stereocenters. The second-order valence-electron chi connectivity index (χ2n) is 6.11. The van der Waals surface area contributed by atoms with E-state index < -0.39 is 28.6 Å². The van der Waals surface area contributed by atoms with Crippen LogP contribution in [-0.4, -0.2) is 40.8 Å². The zero-order chi connectivity index (χ0) is 21.1. The molecule has 2 N–H and O–H groups in total. The van der Waals surface area contributed by atoms with Gasteiger partial charge in [-0.05, 0) is 30.7 Å². The lowest BCUT2D eigenvalue weighted by atomic mass is 10.1. The van der Waals surface area contributed by atoms with Gasteiger partial charge >= 0.3 is 6.03 Å². The molecule has 0 bridgehead atoms. The van der Waals surface area contributed by atoms with Crippen LogP contribution in [0.5, 0.6) is 0 Å². The summed E-state index contributed by atoms with van der Waals surface area (Å²) in [4.78, 5) is 47.7. The maximum atomic E-state index is 13.1. The smallest absolute Gasteiger partial charge is 0.319 e. The standard InChI is InChI=1S/C18H14ClFN4O5/c19-14-8-10(2-5-15(14)20)22-18(27)21-6-1-7-23-16(25)12-4-3-11(24(28)29)9-13(12)17(23)26/h2-5,8-9H,1,6-7H2,(H2,21,22,27). The lowest BCUT2D eigenvalue weighted by Gasteiger charge is -2.14. The first-order valence-corrected chi connectivity index (χ1v) is 8.80. The van der Waals surface area contributed by atoms with Crippen molar-refractivity contribution >= 4 is 40.8 Å². The lowest BCUT2D eigenvalue weighted by molar-refractivity contribution is -0.384. The molecular formula is C18H14ClFN4O5. The van der Waals surface area contributed by atoms with Crippen LogP contribution >= 0.6 is 11.6 Å². The Kier molecular flexibility index (Phi) is 5.74. The molecule has 2 aromatic rings. The quantitative estimate of drug-likeness (QED) is 0.321. The fraction of sp³-hybridized carbons (Fsp3) is 0.167. The minimum absolute atomic E-state index is 0.0110. The molecule has 2 aromatic carbocycles. The van der Waals surface area contributed by atoms with Gasteiger partial charge in [-0.3, -0.25) is 24.6 Å². The third kappa shape index (κ3) is 4.32. The van der Waals surface area contributed by atoms with E-state index >= 15 is 0 Å². The first-order valence-electron chi connectivity index (χ1n) is 8.42. The van der Waals surface area contributed by atoms with Crippen molar-refractivity contribution in [2.45, 2.75) is 6.42 Å². The number of hydrogen-bond acceptors (Lipinski definition) is 5. The number of carbonyl (C=O) groups excluding carboxylic acids is 3. The van der Waals surface area contributed by atoms with E-state index in [0.29, 0.717) is 5.69 Å². The second kappa shape index (κ2) is 8.23. The highest BCUT2D eigenvalue weighted by atomic mass is 35.5. The fourth-order valence-electron chi connectivity index (χ4n) is 2.78. The van der Waals surface area contributed by atoms with Crippen molar-refractivity contribution < 1.29 is 23.7 Å². The third-order valence-corrected chi connectivity index (χ3v) is 4.48. The highest BCUT2D eigenvalue weighted by molar-refractivity contribution is 6.31. The molecule has 1 heterocycles. The number of non-ortho nitro benzene ring substituents is 1. The number of imide groups is 1. The summed E-state index contributed by atoms with van der Waals surface area (Å²) in [5.74, 6) is -1.76. The topological polar surface area (TPSA) is 122 Å². The predicted octanol–water partition coefficient (Wildman–Crippen LogP) is 3.20. The number of hydrogen-bond donors (Lipinski definition) is 2. The van der Waals surface area contributed by atoms with Crippen molar-refractivity contribution in [1.82, 2.24) is 10.2 Å². The molecule has 1 aliphatic heterocycles. The van der Waals surface area contributed by atoms with E-state index in [0.717, 1.165) is 17.0 Å². The molecular weight excluding hydrogens is 407 g/mol. The first-order chi connectivity index (χ1) is 13.8. The number of rotatable bonds is 6. The molecule has 0 aliphatic carbocycles. The molecule has 0 atom stereocenters. The van der Waals surface area contributed by atoms with Gasteiger partial charge in [-0.2, -0.15) is 0 Å². The number of anilines is 1. The van der Waals surface area contributed by atoms with Gasteiger partial charge in [-0.15, -0.1) is 0 Å². The molecule has 11 heteroatoms. The Morgan fingerprint density at radius 1 is 1.14 bits per heavy atom. The van der Waals surface area contributed by atoms with Crippen molar-refractivity contribution in [2.75, 3.05) is 18.4 Å². The van der Waals surface area contributed by atoms with Gasteiger partial charge in [0, 0.05) is 30.9 Å². The summed E-state index contributed by atoms with van der Waals surface area (Å²) in [6.07, 6.45) is 0.269. The summed E-state index contributed by atoms with van der Waals surface area (Å²) < 4.78 is 13.1. The zero-order valence-electron chi connectivity index (χ0n) is 14.8. The van der Waals surface area contributed by atoms with E-state index in [-0.39, 0.29) is 41.3 Å². The Balaban J connectivity index is 1.51. The number of halogens is 2. The number of nitrogens with zero attached hydrogens (tertiary/aromatic N) is 2. The monoisotopic (exact) mass is 420 g/mol. The third-order valence-electron chi connectivity index (χ3n) is 4.19. The molecule has 0 aromatic heterocycles. The molecule has 0 radical (unpaired) electrons. The summed E-state index contributed by atoms with van der Waals surface area (Å²) in [6, 6.07) is 6.66. The number of nitrogens with one attached hydrogen (secondary N) is 2. The lowest BCUT2D eigenvalue weighted by Crippen LogP contribution is -2.35. The molecule has 1 aliphatic rings. The number of nitro benzene ring substituents is 1.